The van der Waals surface area contributed by atoms with Gasteiger partial charge in [-0.3, -0.25) is 4.79 Å². The third-order valence-electron chi connectivity index (χ3n) is 3.72. The van der Waals surface area contributed by atoms with Gasteiger partial charge in [0.2, 0.25) is 0 Å². The van der Waals surface area contributed by atoms with E-state index in [4.69, 9.17) is 25.5 Å². The summed E-state index contributed by atoms with van der Waals surface area (Å²) in [4.78, 5) is 16.4. The molecule has 1 aliphatic rings. The van der Waals surface area contributed by atoms with Gasteiger partial charge in [-0.1, -0.05) is 11.6 Å². The van der Waals surface area contributed by atoms with Crippen LogP contribution in [0.3, 0.4) is 0 Å². The van der Waals surface area contributed by atoms with Gasteiger partial charge in [0.05, 0.1) is 11.2 Å². The number of halogens is 1. The second-order valence-corrected chi connectivity index (χ2v) is 5.79. The van der Waals surface area contributed by atoms with Crippen LogP contribution in [0, 0.1) is 0 Å². The Bertz CT molecular complexity index is 908. The van der Waals surface area contributed by atoms with E-state index in [0.29, 0.717) is 46.7 Å². The number of anilines is 1. The van der Waals surface area contributed by atoms with Crippen molar-refractivity contribution < 1.29 is 18.7 Å². The zero-order valence-corrected chi connectivity index (χ0v) is 13.7. The molecular formula is C18H13ClN2O4. The van der Waals surface area contributed by atoms with Crippen LogP contribution < -0.4 is 14.8 Å². The van der Waals surface area contributed by atoms with Gasteiger partial charge in [0.1, 0.15) is 13.2 Å². The molecule has 0 bridgehead atoms. The number of benzene rings is 2. The molecule has 6 nitrogen and oxygen atoms in total. The van der Waals surface area contributed by atoms with E-state index in [-0.39, 0.29) is 5.91 Å². The van der Waals surface area contributed by atoms with Gasteiger partial charge in [0, 0.05) is 16.8 Å². The predicted octanol–water partition coefficient (Wildman–Crippen LogP) is 4.02. The molecule has 4 rings (SSSR count). The fraction of sp³-hybridized carbons (Fsp3) is 0.111. The Kier molecular flexibility index (Phi) is 4.03. The monoisotopic (exact) mass is 356 g/mol. The highest BCUT2D eigenvalue weighted by Crippen LogP contribution is 2.38. The minimum atomic E-state index is -0.286. The minimum absolute atomic E-state index is 0.286. The Hall–Kier alpha value is -2.99. The molecule has 7 heteroatoms. The molecular weight excluding hydrogens is 344 g/mol. The van der Waals surface area contributed by atoms with Crippen LogP contribution in [0.2, 0.25) is 5.02 Å². The average molecular weight is 357 g/mol. The summed E-state index contributed by atoms with van der Waals surface area (Å²) in [6.45, 7) is 0.868. The van der Waals surface area contributed by atoms with Crippen LogP contribution in [0.15, 0.2) is 53.4 Å². The zero-order chi connectivity index (χ0) is 17.2. The summed E-state index contributed by atoms with van der Waals surface area (Å²) in [5, 5.41) is 3.17. The van der Waals surface area contributed by atoms with Crippen LogP contribution in [0.5, 0.6) is 11.5 Å². The number of amides is 1. The number of nitrogens with one attached hydrogen (secondary N) is 1. The fourth-order valence-corrected chi connectivity index (χ4v) is 2.79. The van der Waals surface area contributed by atoms with Gasteiger partial charge >= 0.3 is 0 Å². The molecule has 1 aliphatic heterocycles. The first-order valence-electron chi connectivity index (χ1n) is 7.60. The standard InChI is InChI=1S/C18H13ClN2O4/c19-14-7-12(8-15-17(14)24-6-5-23-15)18(22)21-13-3-1-11(2-4-13)16-9-20-10-25-16/h1-4,7-10H,5-6H2,(H,21,22). The molecule has 0 radical (unpaired) electrons. The quantitative estimate of drug-likeness (QED) is 0.767. The third kappa shape index (κ3) is 3.16. The lowest BCUT2D eigenvalue weighted by Crippen LogP contribution is -2.17. The van der Waals surface area contributed by atoms with Crippen molar-refractivity contribution in [3.05, 3.63) is 59.6 Å². The number of oxazole rings is 1. The molecule has 2 heterocycles. The van der Waals surface area contributed by atoms with Crippen molar-refractivity contribution in [1.29, 1.82) is 0 Å². The number of carbonyl (C=O) groups is 1. The minimum Gasteiger partial charge on any atom is -0.486 e. The molecule has 0 spiro atoms. The first-order valence-corrected chi connectivity index (χ1v) is 7.98. The second-order valence-electron chi connectivity index (χ2n) is 5.38. The number of ether oxygens (including phenoxy) is 2. The molecule has 2 aromatic carbocycles. The SMILES string of the molecule is O=C(Nc1ccc(-c2cnco2)cc1)c1cc(Cl)c2c(c1)OCCO2. The second kappa shape index (κ2) is 6.49. The van der Waals surface area contributed by atoms with E-state index in [0.717, 1.165) is 5.56 Å². The summed E-state index contributed by atoms with van der Waals surface area (Å²) in [5.74, 6) is 1.33. The summed E-state index contributed by atoms with van der Waals surface area (Å²) in [7, 11) is 0. The van der Waals surface area contributed by atoms with E-state index >= 15 is 0 Å². The van der Waals surface area contributed by atoms with Crippen molar-refractivity contribution in [2.24, 2.45) is 0 Å². The lowest BCUT2D eigenvalue weighted by atomic mass is 10.1. The lowest BCUT2D eigenvalue weighted by molar-refractivity contribution is 0.102. The van der Waals surface area contributed by atoms with Crippen molar-refractivity contribution in [3.63, 3.8) is 0 Å². The van der Waals surface area contributed by atoms with Crippen LogP contribution in [0.4, 0.5) is 5.69 Å². The summed E-state index contributed by atoms with van der Waals surface area (Å²) >= 11 is 6.17. The van der Waals surface area contributed by atoms with Gasteiger partial charge in [0.15, 0.2) is 23.7 Å². The maximum absolute atomic E-state index is 12.5. The summed E-state index contributed by atoms with van der Waals surface area (Å²) in [6, 6.07) is 10.4. The van der Waals surface area contributed by atoms with E-state index in [2.05, 4.69) is 10.3 Å². The molecule has 0 saturated heterocycles. The third-order valence-corrected chi connectivity index (χ3v) is 4.00. The number of nitrogens with zero attached hydrogens (tertiary/aromatic N) is 1. The van der Waals surface area contributed by atoms with Crippen molar-refractivity contribution in [3.8, 4) is 22.8 Å². The van der Waals surface area contributed by atoms with Crippen LogP contribution in [-0.4, -0.2) is 24.1 Å². The van der Waals surface area contributed by atoms with Gasteiger partial charge in [-0.25, -0.2) is 4.98 Å². The first-order chi connectivity index (χ1) is 12.2. The number of rotatable bonds is 3. The smallest absolute Gasteiger partial charge is 0.255 e. The van der Waals surface area contributed by atoms with Crippen molar-refractivity contribution in [2.45, 2.75) is 0 Å². The molecule has 3 aromatic rings. The molecule has 0 fully saturated rings. The van der Waals surface area contributed by atoms with Gasteiger partial charge < -0.3 is 19.2 Å². The van der Waals surface area contributed by atoms with E-state index in [1.165, 1.54) is 6.39 Å². The van der Waals surface area contributed by atoms with Crippen molar-refractivity contribution in [1.82, 2.24) is 4.98 Å². The van der Waals surface area contributed by atoms with Crippen molar-refractivity contribution in [2.75, 3.05) is 18.5 Å². The summed E-state index contributed by atoms with van der Waals surface area (Å²) in [5.41, 5.74) is 1.92. The maximum Gasteiger partial charge on any atom is 0.255 e. The van der Waals surface area contributed by atoms with Gasteiger partial charge in [-0.2, -0.15) is 0 Å². The number of hydrogen-bond acceptors (Lipinski definition) is 5. The molecule has 126 valence electrons. The van der Waals surface area contributed by atoms with Crippen LogP contribution in [0.25, 0.3) is 11.3 Å². The van der Waals surface area contributed by atoms with E-state index in [1.807, 2.05) is 12.1 Å². The zero-order valence-electron chi connectivity index (χ0n) is 13.0. The Morgan fingerprint density at radius 3 is 2.68 bits per heavy atom. The average Bonchev–Trinajstić information content (AvgIpc) is 3.17. The Morgan fingerprint density at radius 1 is 1.12 bits per heavy atom. The van der Waals surface area contributed by atoms with Gasteiger partial charge in [0.25, 0.3) is 5.91 Å². The number of carbonyl (C=O) groups excluding carboxylic acids is 1. The fourth-order valence-electron chi connectivity index (χ4n) is 2.52. The molecule has 0 aliphatic carbocycles. The molecule has 25 heavy (non-hydrogen) atoms. The molecule has 1 aromatic heterocycles. The Balaban J connectivity index is 1.53. The van der Waals surface area contributed by atoms with E-state index in [9.17, 15) is 4.79 Å². The van der Waals surface area contributed by atoms with Gasteiger partial charge in [-0.05, 0) is 36.4 Å². The van der Waals surface area contributed by atoms with Crippen LogP contribution in [0.1, 0.15) is 10.4 Å². The summed E-state index contributed by atoms with van der Waals surface area (Å²) in [6.07, 6.45) is 3.00. The highest BCUT2D eigenvalue weighted by Gasteiger charge is 2.19. The Labute approximate surface area is 148 Å². The van der Waals surface area contributed by atoms with E-state index in [1.54, 1.807) is 30.5 Å². The Morgan fingerprint density at radius 2 is 1.92 bits per heavy atom. The largest absolute Gasteiger partial charge is 0.486 e. The normalized spacial score (nSPS) is 12.7. The number of hydrogen-bond donors (Lipinski definition) is 1. The predicted molar refractivity (Wildman–Crippen MR) is 92.3 cm³/mol. The highest BCUT2D eigenvalue weighted by molar-refractivity contribution is 6.32. The lowest BCUT2D eigenvalue weighted by Gasteiger charge is -2.20. The van der Waals surface area contributed by atoms with Crippen LogP contribution >= 0.6 is 11.6 Å². The van der Waals surface area contributed by atoms with Gasteiger partial charge in [-0.15, -0.1) is 0 Å². The molecule has 0 atom stereocenters. The van der Waals surface area contributed by atoms with Crippen LogP contribution in [-0.2, 0) is 0 Å². The maximum atomic E-state index is 12.5. The molecule has 0 saturated carbocycles. The molecule has 1 N–H and O–H groups in total. The molecule has 1 amide bonds. The first kappa shape index (κ1) is 15.5. The topological polar surface area (TPSA) is 73.6 Å². The number of fused-ring (bicyclic) bond motifs is 1. The number of aromatic nitrogens is 1. The summed E-state index contributed by atoms with van der Waals surface area (Å²) < 4.78 is 16.2. The van der Waals surface area contributed by atoms with Crippen molar-refractivity contribution >= 4 is 23.2 Å². The van der Waals surface area contributed by atoms with E-state index < -0.39 is 0 Å². The highest BCUT2D eigenvalue weighted by atomic mass is 35.5. The molecule has 0 unspecified atom stereocenters.